The van der Waals surface area contributed by atoms with E-state index < -0.39 is 0 Å². The number of benzene rings is 7. The second-order valence-corrected chi connectivity index (χ2v) is 14.7. The standard InChI is InChI=1S/C51H33N3S/c1-3-13-34(14-4-1)35-24-26-36(27-25-35)40-30-41(43-20-12-21-45-44-19-7-8-23-49(44)55-50(43)45)32-42(31-40)48-33-47(53-51(54-48)37-15-5-2-6-16-37)39-18-11-17-38(29-39)46-22-9-10-28-52-46/h1-33H. The van der Waals surface area contributed by atoms with Crippen LogP contribution in [-0.4, -0.2) is 15.0 Å². The molecule has 0 amide bonds. The number of fused-ring (bicyclic) bond motifs is 3. The van der Waals surface area contributed by atoms with E-state index in [9.17, 15) is 0 Å². The largest absolute Gasteiger partial charge is 0.256 e. The average molecular weight is 720 g/mol. The molecule has 0 N–H and O–H groups in total. The van der Waals surface area contributed by atoms with Crippen molar-refractivity contribution in [3.8, 4) is 78.5 Å². The van der Waals surface area contributed by atoms with Gasteiger partial charge in [0.25, 0.3) is 0 Å². The van der Waals surface area contributed by atoms with E-state index in [1.54, 1.807) is 0 Å². The molecular formula is C51H33N3S. The zero-order valence-electron chi connectivity index (χ0n) is 29.8. The van der Waals surface area contributed by atoms with Crippen LogP contribution in [0.5, 0.6) is 0 Å². The molecule has 0 aliphatic carbocycles. The van der Waals surface area contributed by atoms with Crippen molar-refractivity contribution >= 4 is 31.5 Å². The Labute approximate surface area is 323 Å². The van der Waals surface area contributed by atoms with Gasteiger partial charge in [0.05, 0.1) is 17.1 Å². The molecule has 0 spiro atoms. The third kappa shape index (κ3) is 6.39. The maximum atomic E-state index is 5.28. The smallest absolute Gasteiger partial charge is 0.160 e. The van der Waals surface area contributed by atoms with Crippen LogP contribution >= 0.6 is 11.3 Å². The lowest BCUT2D eigenvalue weighted by molar-refractivity contribution is 1.18. The average Bonchev–Trinajstić information content (AvgIpc) is 3.66. The summed E-state index contributed by atoms with van der Waals surface area (Å²) in [4.78, 5) is 15.1. The minimum Gasteiger partial charge on any atom is -0.256 e. The third-order valence-electron chi connectivity index (χ3n) is 10.1. The maximum absolute atomic E-state index is 5.28. The second-order valence-electron chi connectivity index (χ2n) is 13.6. The summed E-state index contributed by atoms with van der Waals surface area (Å²) in [6, 6.07) is 68.5. The van der Waals surface area contributed by atoms with Crippen molar-refractivity contribution in [2.45, 2.75) is 0 Å². The van der Waals surface area contributed by atoms with Crippen LogP contribution in [-0.2, 0) is 0 Å². The topological polar surface area (TPSA) is 38.7 Å². The lowest BCUT2D eigenvalue weighted by Crippen LogP contribution is -1.97. The van der Waals surface area contributed by atoms with Crippen LogP contribution < -0.4 is 0 Å². The van der Waals surface area contributed by atoms with Crippen molar-refractivity contribution in [1.82, 2.24) is 15.0 Å². The van der Waals surface area contributed by atoms with Gasteiger partial charge in [0.2, 0.25) is 0 Å². The summed E-state index contributed by atoms with van der Waals surface area (Å²) in [6.45, 7) is 0. The van der Waals surface area contributed by atoms with Crippen molar-refractivity contribution in [1.29, 1.82) is 0 Å². The van der Waals surface area contributed by atoms with Gasteiger partial charge in [-0.3, -0.25) is 4.98 Å². The maximum Gasteiger partial charge on any atom is 0.160 e. The fourth-order valence-corrected chi connectivity index (χ4v) is 8.63. The van der Waals surface area contributed by atoms with E-state index in [4.69, 9.17) is 9.97 Å². The van der Waals surface area contributed by atoms with Gasteiger partial charge in [-0.2, -0.15) is 0 Å². The minimum absolute atomic E-state index is 0.683. The monoisotopic (exact) mass is 719 g/mol. The highest BCUT2D eigenvalue weighted by atomic mass is 32.1. The predicted molar refractivity (Wildman–Crippen MR) is 231 cm³/mol. The van der Waals surface area contributed by atoms with E-state index in [0.29, 0.717) is 5.82 Å². The summed E-state index contributed by atoms with van der Waals surface area (Å²) < 4.78 is 2.57. The molecule has 3 aromatic heterocycles. The summed E-state index contributed by atoms with van der Waals surface area (Å²) in [5.74, 6) is 0.683. The van der Waals surface area contributed by atoms with Gasteiger partial charge in [-0.15, -0.1) is 11.3 Å². The Morgan fingerprint density at radius 2 is 0.873 bits per heavy atom. The van der Waals surface area contributed by atoms with Crippen LogP contribution in [0.2, 0.25) is 0 Å². The van der Waals surface area contributed by atoms with Crippen LogP contribution in [0.4, 0.5) is 0 Å². The van der Waals surface area contributed by atoms with E-state index in [1.165, 1.54) is 36.9 Å². The van der Waals surface area contributed by atoms with Gasteiger partial charge in [-0.1, -0.05) is 146 Å². The van der Waals surface area contributed by atoms with E-state index >= 15 is 0 Å². The van der Waals surface area contributed by atoms with E-state index in [2.05, 4.69) is 163 Å². The van der Waals surface area contributed by atoms with Gasteiger partial charge >= 0.3 is 0 Å². The summed E-state index contributed by atoms with van der Waals surface area (Å²) in [5, 5.41) is 2.57. The Kier molecular flexibility index (Phi) is 8.36. The van der Waals surface area contributed by atoms with Gasteiger partial charge in [0, 0.05) is 48.6 Å². The normalized spacial score (nSPS) is 11.3. The highest BCUT2D eigenvalue weighted by Crippen LogP contribution is 2.42. The molecule has 0 saturated heterocycles. The molecule has 0 atom stereocenters. The number of pyridine rings is 1. The zero-order valence-corrected chi connectivity index (χ0v) is 30.6. The van der Waals surface area contributed by atoms with Gasteiger partial charge in [0.1, 0.15) is 0 Å². The first-order valence-corrected chi connectivity index (χ1v) is 19.2. The summed E-state index contributed by atoms with van der Waals surface area (Å²) in [5.41, 5.74) is 13.7. The third-order valence-corrected chi connectivity index (χ3v) is 11.4. The molecule has 7 aromatic carbocycles. The first-order valence-electron chi connectivity index (χ1n) is 18.4. The number of rotatable bonds is 7. The van der Waals surface area contributed by atoms with Crippen molar-refractivity contribution in [2.75, 3.05) is 0 Å². The van der Waals surface area contributed by atoms with Gasteiger partial charge in [-0.25, -0.2) is 9.97 Å². The summed E-state index contributed by atoms with van der Waals surface area (Å²) in [7, 11) is 0. The number of nitrogens with zero attached hydrogens (tertiary/aromatic N) is 3. The molecule has 0 radical (unpaired) electrons. The minimum atomic E-state index is 0.683. The van der Waals surface area contributed by atoms with Crippen LogP contribution in [0.1, 0.15) is 0 Å². The van der Waals surface area contributed by atoms with Gasteiger partial charge in [0.15, 0.2) is 5.82 Å². The lowest BCUT2D eigenvalue weighted by atomic mass is 9.93. The number of hydrogen-bond acceptors (Lipinski definition) is 4. The Hall–Kier alpha value is -7.01. The molecule has 3 nitrogen and oxygen atoms in total. The first kappa shape index (κ1) is 32.6. The highest BCUT2D eigenvalue weighted by Gasteiger charge is 2.16. The number of hydrogen-bond donors (Lipinski definition) is 0. The molecular weight excluding hydrogens is 687 g/mol. The molecule has 0 aliphatic heterocycles. The van der Waals surface area contributed by atoms with Crippen molar-refractivity contribution in [3.05, 3.63) is 200 Å². The molecule has 3 heterocycles. The molecule has 55 heavy (non-hydrogen) atoms. The number of aromatic nitrogens is 3. The molecule has 258 valence electrons. The van der Waals surface area contributed by atoms with Crippen LogP contribution in [0.15, 0.2) is 200 Å². The summed E-state index contributed by atoms with van der Waals surface area (Å²) in [6.07, 6.45) is 1.83. The SMILES string of the molecule is c1ccc(-c2ccc(-c3cc(-c4cc(-c5cccc(-c6ccccn6)c5)nc(-c5ccccc5)n4)cc(-c4cccc5c4sc4ccccc45)c3)cc2)cc1. The lowest BCUT2D eigenvalue weighted by Gasteiger charge is -2.14. The van der Waals surface area contributed by atoms with E-state index in [1.807, 2.05) is 53.9 Å². The zero-order chi connectivity index (χ0) is 36.6. The molecule has 4 heteroatoms. The van der Waals surface area contributed by atoms with E-state index in [0.717, 1.165) is 56.0 Å². The molecule has 0 bridgehead atoms. The molecule has 0 saturated carbocycles. The second kappa shape index (κ2) is 14.1. The van der Waals surface area contributed by atoms with Crippen LogP contribution in [0.25, 0.3) is 98.7 Å². The molecule has 0 aliphatic rings. The quantitative estimate of drug-likeness (QED) is 0.165. The molecule has 10 aromatic rings. The number of thiophene rings is 1. The Morgan fingerprint density at radius 3 is 1.64 bits per heavy atom. The fourth-order valence-electron chi connectivity index (χ4n) is 7.39. The van der Waals surface area contributed by atoms with Crippen molar-refractivity contribution < 1.29 is 0 Å². The first-order chi connectivity index (χ1) is 27.2. The molecule has 10 rings (SSSR count). The summed E-state index contributed by atoms with van der Waals surface area (Å²) >= 11 is 1.85. The van der Waals surface area contributed by atoms with E-state index in [-0.39, 0.29) is 0 Å². The molecule has 0 unspecified atom stereocenters. The highest BCUT2D eigenvalue weighted by molar-refractivity contribution is 7.26. The van der Waals surface area contributed by atoms with Gasteiger partial charge in [-0.05, 0) is 81.9 Å². The Morgan fingerprint density at radius 1 is 0.327 bits per heavy atom. The van der Waals surface area contributed by atoms with Crippen LogP contribution in [0, 0.1) is 0 Å². The fraction of sp³-hybridized carbons (Fsp3) is 0. The predicted octanol–water partition coefficient (Wildman–Crippen LogP) is 13.9. The van der Waals surface area contributed by atoms with Crippen molar-refractivity contribution in [2.24, 2.45) is 0 Å². The van der Waals surface area contributed by atoms with Gasteiger partial charge < -0.3 is 0 Å². The van der Waals surface area contributed by atoms with Crippen LogP contribution in [0.3, 0.4) is 0 Å². The Balaban J connectivity index is 1.18. The van der Waals surface area contributed by atoms with Crippen molar-refractivity contribution in [3.63, 3.8) is 0 Å². The molecule has 0 fully saturated rings. The Bertz CT molecular complexity index is 2950.